The van der Waals surface area contributed by atoms with E-state index in [0.29, 0.717) is 18.5 Å². The summed E-state index contributed by atoms with van der Waals surface area (Å²) in [6.45, 7) is 2.46. The summed E-state index contributed by atoms with van der Waals surface area (Å²) in [5.74, 6) is -0.198. The molecule has 2 aromatic rings. The number of nitrogens with one attached hydrogen (secondary N) is 1. The number of rotatable bonds is 6. The van der Waals surface area contributed by atoms with E-state index in [-0.39, 0.29) is 11.9 Å². The number of benzene rings is 2. The normalized spacial score (nSPS) is 13.9. The van der Waals surface area contributed by atoms with Crippen LogP contribution in [-0.4, -0.2) is 11.1 Å². The van der Waals surface area contributed by atoms with E-state index in [1.54, 1.807) is 12.1 Å². The van der Waals surface area contributed by atoms with Gasteiger partial charge in [-0.15, -0.1) is 0 Å². The average molecular weight is 273 g/mol. The summed E-state index contributed by atoms with van der Waals surface area (Å²) in [4.78, 5) is 0. The lowest BCUT2D eigenvalue weighted by atomic mass is 10.0. The van der Waals surface area contributed by atoms with E-state index in [9.17, 15) is 9.50 Å². The zero-order chi connectivity index (χ0) is 14.4. The summed E-state index contributed by atoms with van der Waals surface area (Å²) in [6, 6.07) is 16.4. The number of hydrogen-bond acceptors (Lipinski definition) is 2. The largest absolute Gasteiger partial charge is 0.388 e. The van der Waals surface area contributed by atoms with Crippen LogP contribution in [0, 0.1) is 5.82 Å². The molecule has 0 aromatic heterocycles. The van der Waals surface area contributed by atoms with E-state index < -0.39 is 6.10 Å². The van der Waals surface area contributed by atoms with Crippen molar-refractivity contribution in [3.63, 3.8) is 0 Å². The van der Waals surface area contributed by atoms with Crippen LogP contribution in [0.25, 0.3) is 0 Å². The van der Waals surface area contributed by atoms with Crippen LogP contribution in [0.3, 0.4) is 0 Å². The highest BCUT2D eigenvalue weighted by molar-refractivity contribution is 5.18. The Bertz CT molecular complexity index is 530. The first kappa shape index (κ1) is 14.7. The molecule has 0 amide bonds. The molecule has 0 saturated heterocycles. The Morgan fingerprint density at radius 2 is 1.70 bits per heavy atom. The van der Waals surface area contributed by atoms with Crippen LogP contribution in [0.1, 0.15) is 30.6 Å². The summed E-state index contributed by atoms with van der Waals surface area (Å²) < 4.78 is 13.5. The highest BCUT2D eigenvalue weighted by Gasteiger charge is 2.12. The summed E-state index contributed by atoms with van der Waals surface area (Å²) >= 11 is 0. The first-order chi connectivity index (χ1) is 9.66. The molecule has 0 aliphatic heterocycles. The number of aliphatic hydroxyl groups excluding tert-OH is 1. The van der Waals surface area contributed by atoms with Gasteiger partial charge in [0.05, 0.1) is 6.10 Å². The zero-order valence-electron chi connectivity index (χ0n) is 11.6. The standard InChI is InChI=1S/C17H20FNO/c1-13(11-17(20)14-7-3-2-4-8-14)19-12-15-9-5-6-10-16(15)18/h2-10,13,17,19-20H,11-12H2,1H3. The van der Waals surface area contributed by atoms with Crippen LogP contribution in [0.15, 0.2) is 54.6 Å². The molecular formula is C17H20FNO. The van der Waals surface area contributed by atoms with Crippen molar-refractivity contribution < 1.29 is 9.50 Å². The van der Waals surface area contributed by atoms with Crippen molar-refractivity contribution in [1.29, 1.82) is 0 Å². The van der Waals surface area contributed by atoms with Crippen LogP contribution < -0.4 is 5.32 Å². The fourth-order valence-corrected chi connectivity index (χ4v) is 2.16. The maximum absolute atomic E-state index is 13.5. The third-order valence-electron chi connectivity index (χ3n) is 3.36. The van der Waals surface area contributed by atoms with Crippen LogP contribution in [0.2, 0.25) is 0 Å². The number of aliphatic hydroxyl groups is 1. The molecule has 2 nitrogen and oxygen atoms in total. The highest BCUT2D eigenvalue weighted by Crippen LogP contribution is 2.18. The summed E-state index contributed by atoms with van der Waals surface area (Å²) in [7, 11) is 0. The first-order valence-electron chi connectivity index (χ1n) is 6.86. The molecule has 20 heavy (non-hydrogen) atoms. The quantitative estimate of drug-likeness (QED) is 0.845. The van der Waals surface area contributed by atoms with Gasteiger partial charge in [-0.2, -0.15) is 0 Å². The highest BCUT2D eigenvalue weighted by atomic mass is 19.1. The molecule has 0 radical (unpaired) electrons. The van der Waals surface area contributed by atoms with Gasteiger partial charge in [0.2, 0.25) is 0 Å². The minimum Gasteiger partial charge on any atom is -0.388 e. The molecule has 2 rings (SSSR count). The molecule has 106 valence electrons. The summed E-state index contributed by atoms with van der Waals surface area (Å²) in [5.41, 5.74) is 1.56. The third kappa shape index (κ3) is 4.15. The molecule has 2 unspecified atom stereocenters. The van der Waals surface area contributed by atoms with Crippen molar-refractivity contribution in [2.75, 3.05) is 0 Å². The van der Waals surface area contributed by atoms with Gasteiger partial charge in [0.25, 0.3) is 0 Å². The fraction of sp³-hybridized carbons (Fsp3) is 0.294. The van der Waals surface area contributed by atoms with Gasteiger partial charge in [0.15, 0.2) is 0 Å². The van der Waals surface area contributed by atoms with Gasteiger partial charge in [-0.25, -0.2) is 4.39 Å². The van der Waals surface area contributed by atoms with E-state index in [0.717, 1.165) is 5.56 Å². The molecule has 0 fully saturated rings. The second-order valence-corrected chi connectivity index (χ2v) is 5.04. The smallest absolute Gasteiger partial charge is 0.127 e. The zero-order valence-corrected chi connectivity index (χ0v) is 11.6. The van der Waals surface area contributed by atoms with Crippen LogP contribution in [0.5, 0.6) is 0 Å². The monoisotopic (exact) mass is 273 g/mol. The van der Waals surface area contributed by atoms with E-state index in [1.807, 2.05) is 43.3 Å². The van der Waals surface area contributed by atoms with Crippen molar-refractivity contribution in [2.45, 2.75) is 32.0 Å². The van der Waals surface area contributed by atoms with Crippen molar-refractivity contribution in [2.24, 2.45) is 0 Å². The average Bonchev–Trinajstić information content (AvgIpc) is 2.47. The van der Waals surface area contributed by atoms with Gasteiger partial charge in [-0.3, -0.25) is 0 Å². The summed E-state index contributed by atoms with van der Waals surface area (Å²) in [5, 5.41) is 13.4. The van der Waals surface area contributed by atoms with E-state index in [4.69, 9.17) is 0 Å². The third-order valence-corrected chi connectivity index (χ3v) is 3.36. The van der Waals surface area contributed by atoms with E-state index >= 15 is 0 Å². The fourth-order valence-electron chi connectivity index (χ4n) is 2.16. The Balaban J connectivity index is 1.84. The van der Waals surface area contributed by atoms with Gasteiger partial charge < -0.3 is 10.4 Å². The predicted molar refractivity (Wildman–Crippen MR) is 78.7 cm³/mol. The molecule has 0 aliphatic carbocycles. The summed E-state index contributed by atoms with van der Waals surface area (Å²) in [6.07, 6.45) is 0.0951. The van der Waals surface area contributed by atoms with Crippen molar-refractivity contribution in [3.8, 4) is 0 Å². The van der Waals surface area contributed by atoms with Gasteiger partial charge in [0.1, 0.15) is 5.82 Å². The van der Waals surface area contributed by atoms with Gasteiger partial charge in [0, 0.05) is 18.2 Å². The molecule has 0 heterocycles. The lowest BCUT2D eigenvalue weighted by molar-refractivity contribution is 0.154. The maximum Gasteiger partial charge on any atom is 0.127 e. The van der Waals surface area contributed by atoms with Crippen LogP contribution in [0.4, 0.5) is 4.39 Å². The second-order valence-electron chi connectivity index (χ2n) is 5.04. The van der Waals surface area contributed by atoms with Crippen LogP contribution >= 0.6 is 0 Å². The lowest BCUT2D eigenvalue weighted by Crippen LogP contribution is -2.27. The van der Waals surface area contributed by atoms with Crippen molar-refractivity contribution in [1.82, 2.24) is 5.32 Å². The maximum atomic E-state index is 13.5. The Kier molecular flexibility index (Phi) is 5.27. The molecule has 0 spiro atoms. The molecule has 0 bridgehead atoms. The van der Waals surface area contributed by atoms with Crippen LogP contribution in [-0.2, 0) is 6.54 Å². The van der Waals surface area contributed by atoms with Gasteiger partial charge in [-0.05, 0) is 25.0 Å². The lowest BCUT2D eigenvalue weighted by Gasteiger charge is -2.18. The molecule has 0 saturated carbocycles. The topological polar surface area (TPSA) is 32.3 Å². The minimum absolute atomic E-state index is 0.102. The predicted octanol–water partition coefficient (Wildman–Crippen LogP) is 3.43. The Hall–Kier alpha value is -1.71. The SMILES string of the molecule is CC(CC(O)c1ccccc1)NCc1ccccc1F. The Labute approximate surface area is 119 Å². The Morgan fingerprint density at radius 1 is 1.05 bits per heavy atom. The molecule has 0 aliphatic rings. The van der Waals surface area contributed by atoms with Crippen molar-refractivity contribution in [3.05, 3.63) is 71.5 Å². The van der Waals surface area contributed by atoms with E-state index in [2.05, 4.69) is 5.32 Å². The minimum atomic E-state index is -0.501. The van der Waals surface area contributed by atoms with Crippen molar-refractivity contribution >= 4 is 0 Å². The molecular weight excluding hydrogens is 253 g/mol. The van der Waals surface area contributed by atoms with Gasteiger partial charge >= 0.3 is 0 Å². The second kappa shape index (κ2) is 7.17. The molecule has 2 aromatic carbocycles. The van der Waals surface area contributed by atoms with E-state index in [1.165, 1.54) is 6.07 Å². The number of hydrogen-bond donors (Lipinski definition) is 2. The van der Waals surface area contributed by atoms with Gasteiger partial charge in [-0.1, -0.05) is 48.5 Å². The Morgan fingerprint density at radius 3 is 2.40 bits per heavy atom. The molecule has 3 heteroatoms. The number of halogens is 1. The molecule has 2 atom stereocenters. The first-order valence-corrected chi connectivity index (χ1v) is 6.86. The molecule has 2 N–H and O–H groups in total.